The number of aromatic nitrogens is 2. The number of hydrogen-bond acceptors (Lipinski definition) is 8. The normalized spacial score (nSPS) is 16.2. The van der Waals surface area contributed by atoms with Crippen LogP contribution in [0.1, 0.15) is 12.8 Å². The second kappa shape index (κ2) is 10.1. The largest absolute Gasteiger partial charge is 0.493 e. The molecule has 168 valence electrons. The van der Waals surface area contributed by atoms with Crippen LogP contribution in [0.3, 0.4) is 0 Å². The van der Waals surface area contributed by atoms with Crippen molar-refractivity contribution in [3.05, 3.63) is 47.2 Å². The summed E-state index contributed by atoms with van der Waals surface area (Å²) in [6.45, 7) is 1.89. The van der Waals surface area contributed by atoms with Crippen molar-refractivity contribution in [2.45, 2.75) is 18.9 Å². The number of carbonyl (C=O) groups is 1. The number of ether oxygens (including phenoxy) is 3. The number of esters is 1. The number of rotatable bonds is 8. The molecule has 9 heteroatoms. The van der Waals surface area contributed by atoms with E-state index >= 15 is 0 Å². The zero-order valence-electron chi connectivity index (χ0n) is 18.0. The summed E-state index contributed by atoms with van der Waals surface area (Å²) in [6, 6.07) is 11.4. The van der Waals surface area contributed by atoms with Gasteiger partial charge in [-0.2, -0.15) is 0 Å². The molecule has 1 aliphatic rings. The first-order chi connectivity index (χ1) is 15.6. The highest BCUT2D eigenvalue weighted by atomic mass is 79.9. The van der Waals surface area contributed by atoms with Gasteiger partial charge in [0, 0.05) is 22.5 Å². The number of anilines is 2. The van der Waals surface area contributed by atoms with Gasteiger partial charge in [-0.3, -0.25) is 9.69 Å². The number of benzene rings is 2. The number of carbonyl (C=O) groups excluding carboxylic acids is 1. The Balaban J connectivity index is 1.54. The number of para-hydroxylation sites is 1. The molecule has 0 saturated carbocycles. The average Bonchev–Trinajstić information content (AvgIpc) is 3.28. The molecule has 32 heavy (non-hydrogen) atoms. The van der Waals surface area contributed by atoms with Crippen LogP contribution in [0.15, 0.2) is 47.2 Å². The van der Waals surface area contributed by atoms with Crippen LogP contribution in [0.25, 0.3) is 10.9 Å². The van der Waals surface area contributed by atoms with E-state index in [4.69, 9.17) is 14.2 Å². The predicted molar refractivity (Wildman–Crippen MR) is 126 cm³/mol. The number of likely N-dealkylation sites (tertiary alicyclic amines) is 1. The lowest BCUT2D eigenvalue weighted by molar-refractivity contribution is -0.145. The fraction of sp³-hybridized carbons (Fsp3) is 0.348. The van der Waals surface area contributed by atoms with Crippen molar-refractivity contribution in [1.29, 1.82) is 0 Å². The Labute approximate surface area is 195 Å². The minimum Gasteiger partial charge on any atom is -0.493 e. The third-order valence-corrected chi connectivity index (χ3v) is 6.21. The first-order valence-electron chi connectivity index (χ1n) is 10.4. The van der Waals surface area contributed by atoms with Gasteiger partial charge >= 0.3 is 5.97 Å². The third-order valence-electron chi connectivity index (χ3n) is 5.52. The van der Waals surface area contributed by atoms with Gasteiger partial charge in [0.1, 0.15) is 24.8 Å². The zero-order valence-corrected chi connectivity index (χ0v) is 19.6. The van der Waals surface area contributed by atoms with Crippen molar-refractivity contribution in [3.8, 4) is 11.5 Å². The molecule has 2 aromatic carbocycles. The Bertz CT molecular complexity index is 1110. The van der Waals surface area contributed by atoms with E-state index in [-0.39, 0.29) is 12.0 Å². The summed E-state index contributed by atoms with van der Waals surface area (Å²) in [4.78, 5) is 22.9. The Morgan fingerprint density at radius 2 is 2.06 bits per heavy atom. The number of fused-ring (bicyclic) bond motifs is 1. The van der Waals surface area contributed by atoms with E-state index in [9.17, 15) is 4.79 Å². The molecule has 8 nitrogen and oxygen atoms in total. The summed E-state index contributed by atoms with van der Waals surface area (Å²) in [6.07, 6.45) is 3.30. The van der Waals surface area contributed by atoms with Crippen LogP contribution >= 0.6 is 15.9 Å². The highest BCUT2D eigenvalue weighted by Crippen LogP contribution is 2.35. The lowest BCUT2D eigenvalue weighted by Crippen LogP contribution is -2.39. The van der Waals surface area contributed by atoms with E-state index in [2.05, 4.69) is 36.1 Å². The van der Waals surface area contributed by atoms with Crippen LogP contribution in [0.4, 0.5) is 11.5 Å². The number of nitrogens with zero attached hydrogens (tertiary/aromatic N) is 3. The quantitative estimate of drug-likeness (QED) is 0.461. The highest BCUT2D eigenvalue weighted by Gasteiger charge is 2.31. The van der Waals surface area contributed by atoms with Gasteiger partial charge in [-0.15, -0.1) is 0 Å². The van der Waals surface area contributed by atoms with Gasteiger partial charge in [0.15, 0.2) is 11.5 Å². The lowest BCUT2D eigenvalue weighted by atomic mass is 10.2. The van der Waals surface area contributed by atoms with Crippen molar-refractivity contribution in [2.24, 2.45) is 0 Å². The molecule has 4 rings (SSSR count). The standard InChI is InChI=1S/C23H25BrN4O4/c1-30-20-13-18-15(22(26-14-25-18)27-17-7-4-3-6-16(17)24)12-21(20)32-11-10-28-9-5-8-19(28)23(29)31-2/h3-4,6-7,12-14,19H,5,8-11H2,1-2H3,(H,25,26,27). The van der Waals surface area contributed by atoms with E-state index in [0.29, 0.717) is 30.5 Å². The van der Waals surface area contributed by atoms with Crippen LogP contribution in [0, 0.1) is 0 Å². The second-order valence-electron chi connectivity index (χ2n) is 7.41. The molecule has 1 saturated heterocycles. The van der Waals surface area contributed by atoms with Crippen molar-refractivity contribution in [1.82, 2.24) is 14.9 Å². The fourth-order valence-corrected chi connectivity index (χ4v) is 4.28. The summed E-state index contributed by atoms with van der Waals surface area (Å²) >= 11 is 3.55. The summed E-state index contributed by atoms with van der Waals surface area (Å²) in [7, 11) is 3.03. The molecule has 0 spiro atoms. The van der Waals surface area contributed by atoms with Gasteiger partial charge in [0.25, 0.3) is 0 Å². The number of nitrogens with one attached hydrogen (secondary N) is 1. The molecule has 0 radical (unpaired) electrons. The average molecular weight is 501 g/mol. The Morgan fingerprint density at radius 1 is 1.22 bits per heavy atom. The molecular formula is C23H25BrN4O4. The minimum absolute atomic E-state index is 0.189. The number of methoxy groups -OCH3 is 2. The molecule has 2 heterocycles. The second-order valence-corrected chi connectivity index (χ2v) is 8.27. The Morgan fingerprint density at radius 3 is 2.84 bits per heavy atom. The van der Waals surface area contributed by atoms with E-state index in [1.165, 1.54) is 13.4 Å². The molecule has 1 N–H and O–H groups in total. The number of halogens is 1. The molecule has 1 unspecified atom stereocenters. The van der Waals surface area contributed by atoms with Crippen LogP contribution in [-0.2, 0) is 9.53 Å². The molecule has 1 fully saturated rings. The van der Waals surface area contributed by atoms with Gasteiger partial charge in [-0.05, 0) is 53.5 Å². The first kappa shape index (κ1) is 22.3. The summed E-state index contributed by atoms with van der Waals surface area (Å²) < 4.78 is 17.5. The van der Waals surface area contributed by atoms with Crippen molar-refractivity contribution in [2.75, 3.05) is 39.2 Å². The maximum Gasteiger partial charge on any atom is 0.323 e. The highest BCUT2D eigenvalue weighted by molar-refractivity contribution is 9.10. The van der Waals surface area contributed by atoms with E-state index < -0.39 is 0 Å². The van der Waals surface area contributed by atoms with E-state index in [1.807, 2.05) is 36.4 Å². The molecule has 1 aliphatic heterocycles. The Hall–Kier alpha value is -2.91. The van der Waals surface area contributed by atoms with Crippen LogP contribution in [0.2, 0.25) is 0 Å². The van der Waals surface area contributed by atoms with Crippen molar-refractivity contribution < 1.29 is 19.0 Å². The third kappa shape index (κ3) is 4.78. The molecule has 1 atom stereocenters. The number of hydrogen-bond donors (Lipinski definition) is 1. The Kier molecular flexibility index (Phi) is 7.06. The van der Waals surface area contributed by atoms with Gasteiger partial charge in [0.2, 0.25) is 0 Å². The summed E-state index contributed by atoms with van der Waals surface area (Å²) in [5, 5.41) is 4.16. The van der Waals surface area contributed by atoms with Gasteiger partial charge in [0.05, 0.1) is 25.4 Å². The summed E-state index contributed by atoms with van der Waals surface area (Å²) in [5.74, 6) is 1.66. The predicted octanol–water partition coefficient (Wildman–Crippen LogP) is 4.16. The first-order valence-corrected chi connectivity index (χ1v) is 11.2. The van der Waals surface area contributed by atoms with Crippen molar-refractivity contribution in [3.63, 3.8) is 0 Å². The lowest BCUT2D eigenvalue weighted by Gasteiger charge is -2.22. The molecule has 0 bridgehead atoms. The topological polar surface area (TPSA) is 85.8 Å². The maximum absolute atomic E-state index is 12.0. The zero-order chi connectivity index (χ0) is 22.5. The van der Waals surface area contributed by atoms with Gasteiger partial charge < -0.3 is 19.5 Å². The van der Waals surface area contributed by atoms with E-state index in [0.717, 1.165) is 40.4 Å². The SMILES string of the molecule is COC(=O)C1CCCN1CCOc1cc2c(Nc3ccccc3Br)ncnc2cc1OC. The molecule has 1 aromatic heterocycles. The summed E-state index contributed by atoms with van der Waals surface area (Å²) in [5.41, 5.74) is 1.64. The molecule has 0 aliphatic carbocycles. The monoisotopic (exact) mass is 500 g/mol. The van der Waals surface area contributed by atoms with E-state index in [1.54, 1.807) is 7.11 Å². The smallest absolute Gasteiger partial charge is 0.323 e. The molecular weight excluding hydrogens is 476 g/mol. The minimum atomic E-state index is -0.198. The maximum atomic E-state index is 12.0. The van der Waals surface area contributed by atoms with Crippen LogP contribution < -0.4 is 14.8 Å². The fourth-order valence-electron chi connectivity index (χ4n) is 3.90. The van der Waals surface area contributed by atoms with Crippen molar-refractivity contribution >= 4 is 44.3 Å². The molecule has 3 aromatic rings. The van der Waals surface area contributed by atoms with Gasteiger partial charge in [-0.1, -0.05) is 12.1 Å². The van der Waals surface area contributed by atoms with Crippen LogP contribution in [0.5, 0.6) is 11.5 Å². The van der Waals surface area contributed by atoms with Gasteiger partial charge in [-0.25, -0.2) is 9.97 Å². The molecule has 0 amide bonds. The van der Waals surface area contributed by atoms with Crippen LogP contribution in [-0.4, -0.2) is 60.8 Å².